The van der Waals surface area contributed by atoms with Gasteiger partial charge in [0, 0.05) is 101 Å². The molecule has 1 unspecified atom stereocenters. The summed E-state index contributed by atoms with van der Waals surface area (Å²) in [7, 11) is 1.59. The number of nitriles is 1. The Morgan fingerprint density at radius 2 is 1.54 bits per heavy atom. The molecule has 6 heterocycles. The first-order chi connectivity index (χ1) is 27.8. The van der Waals surface area contributed by atoms with Crippen LogP contribution in [0.15, 0.2) is 54.7 Å². The summed E-state index contributed by atoms with van der Waals surface area (Å²) in [6.07, 6.45) is 7.05. The molecule has 1 aromatic heterocycles. The van der Waals surface area contributed by atoms with Gasteiger partial charge >= 0.3 is 0 Å². The van der Waals surface area contributed by atoms with E-state index < -0.39 is 11.9 Å². The Morgan fingerprint density at radius 3 is 2.25 bits per heavy atom. The van der Waals surface area contributed by atoms with Crippen LogP contribution in [0.2, 0.25) is 0 Å². The zero-order valence-electron chi connectivity index (χ0n) is 33.1. The molecule has 4 fully saturated rings. The molecule has 5 aliphatic heterocycles. The third-order valence-corrected chi connectivity index (χ3v) is 13.4. The molecule has 9 rings (SSSR count). The minimum atomic E-state index is -0.643. The maximum atomic E-state index is 13.4. The van der Waals surface area contributed by atoms with E-state index in [9.17, 15) is 19.6 Å². The summed E-state index contributed by atoms with van der Waals surface area (Å²) in [5.41, 5.74) is 9.36. The number of piperazine rings is 1. The second-order valence-corrected chi connectivity index (χ2v) is 16.6. The Bertz CT molecular complexity index is 2220. The number of ether oxygens (including phenoxy) is 1. The topological polar surface area (TPSA) is 128 Å². The van der Waals surface area contributed by atoms with Crippen LogP contribution in [0.25, 0.3) is 10.9 Å². The van der Waals surface area contributed by atoms with Gasteiger partial charge in [0.05, 0.1) is 29.4 Å². The van der Waals surface area contributed by atoms with E-state index in [1.54, 1.807) is 12.0 Å². The fraction of sp³-hybridized carbons (Fsp3) is 0.467. The number of nitrogens with zero attached hydrogens (tertiary/aromatic N) is 6. The Kier molecular flexibility index (Phi) is 10.0. The number of amides is 3. The first-order valence-corrected chi connectivity index (χ1v) is 20.7. The number of anilines is 3. The molecule has 0 spiro atoms. The third-order valence-electron chi connectivity index (χ3n) is 13.4. The quantitative estimate of drug-likeness (QED) is 0.222. The van der Waals surface area contributed by atoms with E-state index in [1.807, 2.05) is 12.3 Å². The normalized spacial score (nSPS) is 21.3. The van der Waals surface area contributed by atoms with Crippen molar-refractivity contribution in [3.63, 3.8) is 0 Å². The first kappa shape index (κ1) is 37.1. The van der Waals surface area contributed by atoms with Crippen molar-refractivity contribution in [3.8, 4) is 11.8 Å². The fourth-order valence-electron chi connectivity index (χ4n) is 10.1. The highest BCUT2D eigenvalue weighted by molar-refractivity contribution is 6.07. The zero-order chi connectivity index (χ0) is 39.2. The van der Waals surface area contributed by atoms with Gasteiger partial charge in [-0.15, -0.1) is 0 Å². The lowest BCUT2D eigenvalue weighted by Gasteiger charge is -2.40. The Hall–Kier alpha value is -5.54. The number of imide groups is 1. The van der Waals surface area contributed by atoms with Gasteiger partial charge in [-0.25, -0.2) is 0 Å². The van der Waals surface area contributed by atoms with Crippen molar-refractivity contribution < 1.29 is 19.1 Å². The Labute approximate surface area is 334 Å². The average molecular weight is 769 g/mol. The maximum absolute atomic E-state index is 13.4. The van der Waals surface area contributed by atoms with Crippen molar-refractivity contribution in [1.29, 1.82) is 5.26 Å². The highest BCUT2D eigenvalue weighted by Crippen LogP contribution is 2.39. The molecule has 296 valence electrons. The number of piperidine rings is 3. The molecule has 0 saturated carbocycles. The number of H-pyrrole nitrogens is 1. The van der Waals surface area contributed by atoms with Crippen LogP contribution in [0.1, 0.15) is 77.1 Å². The van der Waals surface area contributed by atoms with Crippen LogP contribution in [0.3, 0.4) is 0 Å². The van der Waals surface area contributed by atoms with Crippen molar-refractivity contribution in [2.75, 3.05) is 80.7 Å². The van der Waals surface area contributed by atoms with Crippen molar-refractivity contribution >= 4 is 45.7 Å². The predicted molar refractivity (Wildman–Crippen MR) is 221 cm³/mol. The van der Waals surface area contributed by atoms with Crippen LogP contribution in [0.4, 0.5) is 17.1 Å². The van der Waals surface area contributed by atoms with E-state index in [1.165, 1.54) is 29.8 Å². The molecule has 3 amide bonds. The molecule has 2 N–H and O–H groups in total. The number of aromatic nitrogens is 1. The summed E-state index contributed by atoms with van der Waals surface area (Å²) in [5.74, 6) is 0.894. The van der Waals surface area contributed by atoms with Gasteiger partial charge in [-0.3, -0.25) is 24.6 Å². The number of aromatic amines is 1. The average Bonchev–Trinajstić information content (AvgIpc) is 3.83. The summed E-state index contributed by atoms with van der Waals surface area (Å²) in [6.45, 7) is 11.5. The van der Waals surface area contributed by atoms with Crippen molar-refractivity contribution in [1.82, 2.24) is 20.1 Å². The van der Waals surface area contributed by atoms with Crippen LogP contribution in [-0.2, 0) is 16.1 Å². The number of aryl methyl sites for hydroxylation is 1. The predicted octanol–water partition coefficient (Wildman–Crippen LogP) is 5.54. The highest BCUT2D eigenvalue weighted by Gasteiger charge is 2.41. The number of methoxy groups -OCH3 is 1. The largest absolute Gasteiger partial charge is 0.496 e. The van der Waals surface area contributed by atoms with Gasteiger partial charge in [0.15, 0.2) is 0 Å². The molecule has 4 aromatic rings. The number of hydrogen-bond acceptors (Lipinski definition) is 9. The summed E-state index contributed by atoms with van der Waals surface area (Å²) >= 11 is 0. The summed E-state index contributed by atoms with van der Waals surface area (Å²) in [5, 5.41) is 13.0. The molecule has 3 aromatic carbocycles. The van der Waals surface area contributed by atoms with Crippen LogP contribution in [0.5, 0.6) is 5.75 Å². The fourth-order valence-corrected chi connectivity index (χ4v) is 10.1. The number of hydrogen-bond donors (Lipinski definition) is 2. The first-order valence-electron chi connectivity index (χ1n) is 20.7. The Balaban J connectivity index is 0.740. The molecule has 4 saturated heterocycles. The Morgan fingerprint density at radius 1 is 0.825 bits per heavy atom. The van der Waals surface area contributed by atoms with E-state index in [2.05, 4.69) is 85.4 Å². The molecule has 1 atom stereocenters. The van der Waals surface area contributed by atoms with E-state index in [-0.39, 0.29) is 18.2 Å². The van der Waals surface area contributed by atoms with Gasteiger partial charge in [-0.1, -0.05) is 18.2 Å². The summed E-state index contributed by atoms with van der Waals surface area (Å²) < 4.78 is 5.72. The van der Waals surface area contributed by atoms with E-state index >= 15 is 0 Å². The highest BCUT2D eigenvalue weighted by atomic mass is 16.5. The van der Waals surface area contributed by atoms with Gasteiger partial charge in [-0.05, 0) is 91.8 Å². The van der Waals surface area contributed by atoms with Gasteiger partial charge < -0.3 is 29.3 Å². The van der Waals surface area contributed by atoms with Crippen molar-refractivity contribution in [2.24, 2.45) is 5.92 Å². The standard InChI is InChI=1S/C45H52N8O4/c1-29-3-8-37(43-41(29)34(25-46)26-47-43)52-17-13-32(14-18-52)31-4-6-35(7-5-31)50-15-11-30(12-16-50)27-49-19-21-51(22-20-49)36-23-33-28-53(38-9-10-40(54)48-44(38)55)45(56)42(33)39(24-36)57-2/h3-8,23-24,26,30,32,38,47H,9-22,27-28H2,1-2H3,(H,48,54,55). The van der Waals surface area contributed by atoms with Crippen LogP contribution in [0, 0.1) is 24.2 Å². The second-order valence-electron chi connectivity index (χ2n) is 16.6. The number of fused-ring (bicyclic) bond motifs is 2. The van der Waals surface area contributed by atoms with E-state index in [0.29, 0.717) is 36.1 Å². The van der Waals surface area contributed by atoms with E-state index in [0.717, 1.165) is 105 Å². The lowest BCUT2D eigenvalue weighted by atomic mass is 9.88. The monoisotopic (exact) mass is 768 g/mol. The molecule has 5 aliphatic rings. The number of rotatable bonds is 8. The maximum Gasteiger partial charge on any atom is 0.258 e. The lowest BCUT2D eigenvalue weighted by molar-refractivity contribution is -0.136. The number of benzene rings is 3. The minimum absolute atomic E-state index is 0.210. The van der Waals surface area contributed by atoms with Gasteiger partial charge in [0.1, 0.15) is 17.9 Å². The van der Waals surface area contributed by atoms with Crippen LogP contribution >= 0.6 is 0 Å². The molecule has 0 radical (unpaired) electrons. The number of carbonyl (C=O) groups excluding carboxylic acids is 3. The van der Waals surface area contributed by atoms with E-state index in [4.69, 9.17) is 4.74 Å². The van der Waals surface area contributed by atoms with Crippen LogP contribution in [-0.4, -0.2) is 105 Å². The van der Waals surface area contributed by atoms with Gasteiger partial charge in [0.25, 0.3) is 5.91 Å². The minimum Gasteiger partial charge on any atom is -0.496 e. The summed E-state index contributed by atoms with van der Waals surface area (Å²) in [6, 6.07) is 19.5. The smallest absolute Gasteiger partial charge is 0.258 e. The van der Waals surface area contributed by atoms with Gasteiger partial charge in [-0.2, -0.15) is 5.26 Å². The molecule has 57 heavy (non-hydrogen) atoms. The number of nitrogens with one attached hydrogen (secondary N) is 2. The second kappa shape index (κ2) is 15.4. The molecule has 0 bridgehead atoms. The van der Waals surface area contributed by atoms with Crippen LogP contribution < -0.4 is 24.8 Å². The third kappa shape index (κ3) is 7.07. The molecular weight excluding hydrogens is 717 g/mol. The molecule has 12 nitrogen and oxygen atoms in total. The number of carbonyl (C=O) groups is 3. The van der Waals surface area contributed by atoms with Gasteiger partial charge in [0.2, 0.25) is 11.8 Å². The van der Waals surface area contributed by atoms with Crippen molar-refractivity contribution in [3.05, 3.63) is 82.5 Å². The lowest BCUT2D eigenvalue weighted by Crippen LogP contribution is -2.52. The zero-order valence-corrected chi connectivity index (χ0v) is 33.1. The molecular formula is C45H52N8O4. The molecule has 0 aliphatic carbocycles. The van der Waals surface area contributed by atoms with Crippen molar-refractivity contribution in [2.45, 2.75) is 64.0 Å². The summed E-state index contributed by atoms with van der Waals surface area (Å²) in [4.78, 5) is 52.7. The molecule has 12 heteroatoms. The SMILES string of the molecule is COc1cc(N2CCN(CC3CCN(c4ccc(C5CCN(c6ccc(C)c7c(C#N)c[nH]c67)CC5)cc4)CC3)CC2)cc2c1C(=O)N(C1CCC(=O)NC1=O)C2.